The summed E-state index contributed by atoms with van der Waals surface area (Å²) < 4.78 is 2.64. The Morgan fingerprint density at radius 3 is 2.50 bits per heavy atom. The molecule has 0 fully saturated rings. The van der Waals surface area contributed by atoms with Gasteiger partial charge in [-0.1, -0.05) is 57.4 Å². The Labute approximate surface area is 187 Å². The molecule has 7 heteroatoms. The number of carbonyl (C=O) groups excluding carboxylic acids is 1. The van der Waals surface area contributed by atoms with E-state index in [9.17, 15) is 4.79 Å². The highest BCUT2D eigenvalue weighted by molar-refractivity contribution is 9.10. The monoisotopic (exact) mass is 480 g/mol. The summed E-state index contributed by atoms with van der Waals surface area (Å²) in [6.07, 6.45) is 0. The first-order valence-corrected chi connectivity index (χ1v) is 10.5. The number of aromatic nitrogens is 3. The van der Waals surface area contributed by atoms with Crippen LogP contribution in [0.2, 0.25) is 5.02 Å². The summed E-state index contributed by atoms with van der Waals surface area (Å²) in [4.78, 5) is 17.5. The number of rotatable bonds is 4. The number of nitrogens with one attached hydrogen (secondary N) is 1. The zero-order valence-corrected chi connectivity index (χ0v) is 18.7. The molecule has 0 radical (unpaired) electrons. The van der Waals surface area contributed by atoms with Crippen molar-refractivity contribution in [2.24, 2.45) is 0 Å². The van der Waals surface area contributed by atoms with E-state index >= 15 is 0 Å². The molecule has 4 aromatic rings. The third kappa shape index (κ3) is 4.15. The van der Waals surface area contributed by atoms with Gasteiger partial charge in [0.15, 0.2) is 5.82 Å². The quantitative estimate of drug-likeness (QED) is 0.376. The van der Waals surface area contributed by atoms with Gasteiger partial charge in [-0.3, -0.25) is 4.79 Å². The number of aryl methyl sites for hydroxylation is 1. The number of hydrogen-bond acceptors (Lipinski definition) is 3. The van der Waals surface area contributed by atoms with Crippen molar-refractivity contribution in [3.8, 4) is 17.1 Å². The van der Waals surface area contributed by atoms with E-state index in [0.29, 0.717) is 16.5 Å². The molecule has 30 heavy (non-hydrogen) atoms. The Kier molecular flexibility index (Phi) is 5.70. The predicted molar refractivity (Wildman–Crippen MR) is 123 cm³/mol. The van der Waals surface area contributed by atoms with Crippen molar-refractivity contribution in [2.45, 2.75) is 13.8 Å². The van der Waals surface area contributed by atoms with Crippen molar-refractivity contribution < 1.29 is 4.79 Å². The molecular formula is C23H18BrClN4O. The van der Waals surface area contributed by atoms with Crippen LogP contribution >= 0.6 is 27.5 Å². The average molecular weight is 482 g/mol. The van der Waals surface area contributed by atoms with Crippen LogP contribution in [0.1, 0.15) is 21.7 Å². The topological polar surface area (TPSA) is 59.8 Å². The molecule has 1 N–H and O–H groups in total. The first-order valence-electron chi connectivity index (χ1n) is 9.29. The Bertz CT molecular complexity index is 1230. The Balaban J connectivity index is 1.77. The minimum Gasteiger partial charge on any atom is -0.319 e. The maximum absolute atomic E-state index is 12.9. The lowest BCUT2D eigenvalue weighted by Gasteiger charge is -2.07. The van der Waals surface area contributed by atoms with E-state index in [4.69, 9.17) is 11.6 Å². The normalized spacial score (nSPS) is 10.8. The van der Waals surface area contributed by atoms with Crippen LogP contribution in [0.5, 0.6) is 0 Å². The molecule has 0 aliphatic carbocycles. The molecule has 0 saturated heterocycles. The van der Waals surface area contributed by atoms with Crippen LogP contribution in [0.15, 0.2) is 71.2 Å². The summed E-state index contributed by atoms with van der Waals surface area (Å²) in [6, 6.07) is 21.0. The van der Waals surface area contributed by atoms with Crippen LogP contribution in [-0.2, 0) is 0 Å². The number of hydrogen-bond donors (Lipinski definition) is 1. The molecule has 0 spiro atoms. The van der Waals surface area contributed by atoms with E-state index in [1.54, 1.807) is 22.9 Å². The third-order valence-electron chi connectivity index (χ3n) is 4.67. The third-order valence-corrected chi connectivity index (χ3v) is 5.61. The maximum atomic E-state index is 12.9. The van der Waals surface area contributed by atoms with Crippen LogP contribution < -0.4 is 5.32 Å². The van der Waals surface area contributed by atoms with Crippen LogP contribution in [0.3, 0.4) is 0 Å². The fraction of sp³-hybridized carbons (Fsp3) is 0.0870. The molecule has 0 aliphatic heterocycles. The van der Waals surface area contributed by atoms with Gasteiger partial charge in [-0.05, 0) is 61.9 Å². The first kappa shape index (κ1) is 20.3. The molecule has 1 amide bonds. The smallest absolute Gasteiger partial charge is 0.295 e. The first-order chi connectivity index (χ1) is 14.4. The maximum Gasteiger partial charge on any atom is 0.295 e. The lowest BCUT2D eigenvalue weighted by Crippen LogP contribution is -2.15. The minimum absolute atomic E-state index is 0.0776. The highest BCUT2D eigenvalue weighted by Crippen LogP contribution is 2.25. The molecule has 150 valence electrons. The molecule has 0 unspecified atom stereocenters. The fourth-order valence-corrected chi connectivity index (χ4v) is 3.50. The van der Waals surface area contributed by atoms with Crippen molar-refractivity contribution in [1.82, 2.24) is 14.8 Å². The van der Waals surface area contributed by atoms with Gasteiger partial charge in [0.1, 0.15) is 0 Å². The van der Waals surface area contributed by atoms with E-state index < -0.39 is 5.91 Å². The summed E-state index contributed by atoms with van der Waals surface area (Å²) in [5.74, 6) is 0.271. The molecule has 5 nitrogen and oxygen atoms in total. The second-order valence-electron chi connectivity index (χ2n) is 6.88. The van der Waals surface area contributed by atoms with Crippen molar-refractivity contribution in [2.75, 3.05) is 5.32 Å². The van der Waals surface area contributed by atoms with Gasteiger partial charge in [0.2, 0.25) is 5.82 Å². The zero-order chi connectivity index (χ0) is 21.3. The summed E-state index contributed by atoms with van der Waals surface area (Å²) in [7, 11) is 0. The van der Waals surface area contributed by atoms with E-state index in [1.807, 2.05) is 62.4 Å². The van der Waals surface area contributed by atoms with Gasteiger partial charge in [-0.15, -0.1) is 5.10 Å². The second-order valence-corrected chi connectivity index (χ2v) is 8.21. The lowest BCUT2D eigenvalue weighted by molar-refractivity contribution is 0.101. The van der Waals surface area contributed by atoms with Gasteiger partial charge >= 0.3 is 0 Å². The van der Waals surface area contributed by atoms with Crippen molar-refractivity contribution in [1.29, 1.82) is 0 Å². The van der Waals surface area contributed by atoms with E-state index in [1.165, 1.54) is 0 Å². The molecule has 0 atom stereocenters. The van der Waals surface area contributed by atoms with Crippen molar-refractivity contribution in [3.63, 3.8) is 0 Å². The molecule has 0 saturated carbocycles. The summed E-state index contributed by atoms with van der Waals surface area (Å²) in [6.45, 7) is 3.86. The average Bonchev–Trinajstić information content (AvgIpc) is 3.18. The second kappa shape index (κ2) is 8.42. The summed E-state index contributed by atoms with van der Waals surface area (Å²) >= 11 is 9.62. The van der Waals surface area contributed by atoms with Crippen LogP contribution in [-0.4, -0.2) is 20.7 Å². The molecular weight excluding hydrogens is 464 g/mol. The number of anilines is 1. The van der Waals surface area contributed by atoms with Gasteiger partial charge in [0.05, 0.1) is 5.69 Å². The fourth-order valence-electron chi connectivity index (χ4n) is 3.06. The number of nitrogens with zero attached hydrogens (tertiary/aromatic N) is 3. The van der Waals surface area contributed by atoms with Gasteiger partial charge in [-0.25, -0.2) is 9.67 Å². The van der Waals surface area contributed by atoms with Gasteiger partial charge in [0.25, 0.3) is 5.91 Å². The summed E-state index contributed by atoms with van der Waals surface area (Å²) in [5.41, 5.74) is 4.20. The standard InChI is InChI=1S/C23H18BrClN4O/c1-14-5-3-6-16(13-14)22-27-21(28-29(22)18-11-9-17(24)10-12-18)23(30)26-20-8-4-7-19(25)15(20)2/h3-13H,1-2H3,(H,26,30). The Hall–Kier alpha value is -2.96. The Morgan fingerprint density at radius 1 is 1.03 bits per heavy atom. The SMILES string of the molecule is Cc1cccc(-c2nc(C(=O)Nc3cccc(Cl)c3C)nn2-c2ccc(Br)cc2)c1. The highest BCUT2D eigenvalue weighted by Gasteiger charge is 2.20. The van der Waals surface area contributed by atoms with Crippen LogP contribution in [0, 0.1) is 13.8 Å². The molecule has 0 aliphatic rings. The number of benzene rings is 3. The van der Waals surface area contributed by atoms with Gasteiger partial charge in [-0.2, -0.15) is 0 Å². The molecule has 4 rings (SSSR count). The van der Waals surface area contributed by atoms with Crippen molar-refractivity contribution >= 4 is 39.1 Å². The predicted octanol–water partition coefficient (Wildman–Crippen LogP) is 6.22. The molecule has 1 heterocycles. The number of halogens is 2. The lowest BCUT2D eigenvalue weighted by atomic mass is 10.1. The summed E-state index contributed by atoms with van der Waals surface area (Å²) in [5, 5.41) is 7.96. The van der Waals surface area contributed by atoms with Gasteiger partial charge < -0.3 is 5.32 Å². The van der Waals surface area contributed by atoms with Crippen molar-refractivity contribution in [3.05, 3.63) is 93.2 Å². The molecule has 1 aromatic heterocycles. The van der Waals surface area contributed by atoms with Gasteiger partial charge in [0, 0.05) is 20.7 Å². The zero-order valence-electron chi connectivity index (χ0n) is 16.4. The van der Waals surface area contributed by atoms with Crippen LogP contribution in [0.25, 0.3) is 17.1 Å². The largest absolute Gasteiger partial charge is 0.319 e. The van der Waals surface area contributed by atoms with E-state index in [0.717, 1.165) is 26.9 Å². The number of amides is 1. The van der Waals surface area contributed by atoms with E-state index in [-0.39, 0.29) is 5.82 Å². The molecule has 3 aromatic carbocycles. The van der Waals surface area contributed by atoms with E-state index in [2.05, 4.69) is 31.3 Å². The number of carbonyl (C=O) groups is 1. The molecule has 0 bridgehead atoms. The van der Waals surface area contributed by atoms with Crippen LogP contribution in [0.4, 0.5) is 5.69 Å². The highest BCUT2D eigenvalue weighted by atomic mass is 79.9. The minimum atomic E-state index is -0.398. The Morgan fingerprint density at radius 2 is 1.77 bits per heavy atom.